The topological polar surface area (TPSA) is 237 Å². The molecular formula is C36H66N4O11S3. The first-order valence-corrected chi connectivity index (χ1v) is 21.3. The summed E-state index contributed by atoms with van der Waals surface area (Å²) in [4.78, 5) is 90.1. The molecule has 0 aliphatic carbocycles. The monoisotopic (exact) mass is 826 g/mol. The van der Waals surface area contributed by atoms with Gasteiger partial charge in [-0.2, -0.15) is 11.8 Å². The summed E-state index contributed by atoms with van der Waals surface area (Å²) in [5.74, 6) is -3.09. The van der Waals surface area contributed by atoms with E-state index in [1.807, 2.05) is 12.5 Å². The first-order chi connectivity index (χ1) is 24.6. The van der Waals surface area contributed by atoms with Crippen LogP contribution in [-0.2, 0) is 47.8 Å². The Hall–Kier alpha value is -2.83. The molecule has 0 aromatic carbocycles. The van der Waals surface area contributed by atoms with Crippen molar-refractivity contribution in [2.45, 2.75) is 141 Å². The third-order valence-electron chi connectivity index (χ3n) is 6.43. The highest BCUT2D eigenvalue weighted by Crippen LogP contribution is 2.36. The Labute approximate surface area is 334 Å². The molecule has 0 aliphatic rings. The van der Waals surface area contributed by atoms with Crippen molar-refractivity contribution in [3.8, 4) is 0 Å². The summed E-state index contributed by atoms with van der Waals surface area (Å²) in [7, 11) is 3.41. The molecule has 15 nitrogen and oxygen atoms in total. The summed E-state index contributed by atoms with van der Waals surface area (Å²) in [5.41, 5.74) is 3.91. The largest absolute Gasteiger partial charge is 0.481 e. The van der Waals surface area contributed by atoms with Gasteiger partial charge in [-0.05, 0) is 80.7 Å². The van der Waals surface area contributed by atoms with E-state index in [0.29, 0.717) is 6.42 Å². The SMILES string of the molecule is CC(C)(C)OC(=O)CNC(=O)CCC(=O)CN.CSC(C)(C)CCC(=O)NCC(=O)CCC(=O)NCC(=O)OC(C)(C)C.CSSC(C)(C)CCC(=O)O. The number of nitrogens with two attached hydrogens (primary N) is 1. The minimum atomic E-state index is -0.709. The van der Waals surface area contributed by atoms with E-state index in [-0.39, 0.29) is 91.2 Å². The highest BCUT2D eigenvalue weighted by atomic mass is 33.1. The lowest BCUT2D eigenvalue weighted by Gasteiger charge is -2.21. The summed E-state index contributed by atoms with van der Waals surface area (Å²) >= 11 is 1.69. The Bertz CT molecular complexity index is 1220. The number of ether oxygens (including phenoxy) is 2. The number of ketones is 2. The molecule has 0 heterocycles. The molecule has 0 bridgehead atoms. The molecule has 0 spiro atoms. The van der Waals surface area contributed by atoms with Crippen LogP contribution in [0, 0.1) is 0 Å². The van der Waals surface area contributed by atoms with Crippen molar-refractivity contribution in [3.05, 3.63) is 0 Å². The Balaban J connectivity index is -0.000000795. The maximum Gasteiger partial charge on any atom is 0.325 e. The van der Waals surface area contributed by atoms with Gasteiger partial charge in [-0.3, -0.25) is 38.4 Å². The fraction of sp³-hybridized carbons (Fsp3) is 0.778. The predicted octanol–water partition coefficient (Wildman–Crippen LogP) is 4.22. The first-order valence-electron chi connectivity index (χ1n) is 17.5. The van der Waals surface area contributed by atoms with Crippen LogP contribution in [-0.4, -0.2) is 112 Å². The number of aliphatic carboxylic acids is 1. The van der Waals surface area contributed by atoms with Crippen LogP contribution in [0.25, 0.3) is 0 Å². The molecule has 0 saturated carbocycles. The van der Waals surface area contributed by atoms with Crippen molar-refractivity contribution < 1.29 is 52.9 Å². The molecule has 54 heavy (non-hydrogen) atoms. The number of hydrogen-bond acceptors (Lipinski definition) is 14. The number of carboxylic acid groups (broad SMARTS) is 1. The zero-order valence-electron chi connectivity index (χ0n) is 34.3. The normalized spacial score (nSPS) is 11.4. The van der Waals surface area contributed by atoms with Gasteiger partial charge in [0.2, 0.25) is 17.7 Å². The van der Waals surface area contributed by atoms with Crippen molar-refractivity contribution >= 4 is 80.5 Å². The van der Waals surface area contributed by atoms with Crippen molar-refractivity contribution in [2.75, 3.05) is 38.7 Å². The van der Waals surface area contributed by atoms with E-state index in [1.165, 1.54) is 0 Å². The number of thioether (sulfide) groups is 1. The Morgan fingerprint density at radius 3 is 1.31 bits per heavy atom. The lowest BCUT2D eigenvalue weighted by molar-refractivity contribution is -0.155. The molecule has 314 valence electrons. The molecule has 0 rings (SSSR count). The Kier molecular flexibility index (Phi) is 29.4. The van der Waals surface area contributed by atoms with Gasteiger partial charge in [0.05, 0.1) is 13.1 Å². The molecule has 0 fully saturated rings. The quantitative estimate of drug-likeness (QED) is 0.0759. The molecule has 0 aliphatic heterocycles. The van der Waals surface area contributed by atoms with Crippen molar-refractivity contribution in [2.24, 2.45) is 5.73 Å². The van der Waals surface area contributed by atoms with Crippen LogP contribution in [0.3, 0.4) is 0 Å². The third-order valence-corrected chi connectivity index (χ3v) is 10.4. The van der Waals surface area contributed by atoms with Crippen LogP contribution in [0.1, 0.15) is 121 Å². The van der Waals surface area contributed by atoms with Gasteiger partial charge >= 0.3 is 17.9 Å². The summed E-state index contributed by atoms with van der Waals surface area (Å²) in [5, 5.41) is 15.8. The lowest BCUT2D eigenvalue weighted by atomic mass is 10.1. The Morgan fingerprint density at radius 2 is 0.944 bits per heavy atom. The molecule has 0 radical (unpaired) electrons. The van der Waals surface area contributed by atoms with Crippen LogP contribution in [0.4, 0.5) is 0 Å². The molecule has 3 amide bonds. The number of amides is 3. The maximum atomic E-state index is 11.7. The second-order valence-electron chi connectivity index (χ2n) is 15.2. The Morgan fingerprint density at radius 1 is 0.556 bits per heavy atom. The van der Waals surface area contributed by atoms with Crippen LogP contribution in [0.15, 0.2) is 0 Å². The van der Waals surface area contributed by atoms with Gasteiger partial charge < -0.3 is 36.3 Å². The van der Waals surface area contributed by atoms with Gasteiger partial charge in [-0.25, -0.2) is 0 Å². The zero-order chi connectivity index (χ0) is 42.8. The molecule has 18 heteroatoms. The number of Topliss-reactive ketones (excluding diaryl/α,β-unsaturated/α-hetero) is 2. The lowest BCUT2D eigenvalue weighted by Crippen LogP contribution is -2.35. The summed E-state index contributed by atoms with van der Waals surface area (Å²) in [6, 6.07) is 0. The summed E-state index contributed by atoms with van der Waals surface area (Å²) in [6.07, 6.45) is 6.19. The zero-order valence-corrected chi connectivity index (χ0v) is 36.8. The number of hydrogen-bond donors (Lipinski definition) is 5. The fourth-order valence-corrected chi connectivity index (χ4v) is 5.99. The van der Waals surface area contributed by atoms with Gasteiger partial charge in [-0.15, -0.1) is 0 Å². The van der Waals surface area contributed by atoms with Gasteiger partial charge in [0.1, 0.15) is 30.1 Å². The van der Waals surface area contributed by atoms with E-state index in [0.717, 1.165) is 12.8 Å². The summed E-state index contributed by atoms with van der Waals surface area (Å²) < 4.78 is 10.2. The molecule has 0 aromatic heterocycles. The van der Waals surface area contributed by atoms with E-state index in [9.17, 15) is 38.4 Å². The number of nitrogens with one attached hydrogen (secondary N) is 3. The van der Waals surface area contributed by atoms with Crippen molar-refractivity contribution in [1.82, 2.24) is 16.0 Å². The minimum absolute atomic E-state index is 0.0107. The molecule has 0 aromatic rings. The van der Waals surface area contributed by atoms with Gasteiger partial charge in [-0.1, -0.05) is 35.4 Å². The molecule has 0 unspecified atom stereocenters. The summed E-state index contributed by atoms with van der Waals surface area (Å²) in [6.45, 7) is 18.1. The smallest absolute Gasteiger partial charge is 0.325 e. The third kappa shape index (κ3) is 40.4. The first kappa shape index (κ1) is 55.5. The van der Waals surface area contributed by atoms with Crippen LogP contribution < -0.4 is 21.7 Å². The van der Waals surface area contributed by atoms with E-state index in [1.54, 1.807) is 74.9 Å². The van der Waals surface area contributed by atoms with Gasteiger partial charge in [0.25, 0.3) is 0 Å². The average molecular weight is 827 g/mol. The maximum absolute atomic E-state index is 11.7. The second kappa shape index (κ2) is 28.6. The van der Waals surface area contributed by atoms with E-state index >= 15 is 0 Å². The van der Waals surface area contributed by atoms with E-state index < -0.39 is 35.0 Å². The number of carboxylic acids is 1. The molecule has 6 N–H and O–H groups in total. The number of esters is 2. The highest BCUT2D eigenvalue weighted by molar-refractivity contribution is 8.76. The average Bonchev–Trinajstić information content (AvgIpc) is 3.04. The fourth-order valence-electron chi connectivity index (χ4n) is 3.45. The number of carbonyl (C=O) groups is 8. The minimum Gasteiger partial charge on any atom is -0.481 e. The molecule has 0 saturated heterocycles. The van der Waals surface area contributed by atoms with Crippen LogP contribution in [0.5, 0.6) is 0 Å². The van der Waals surface area contributed by atoms with Gasteiger partial charge in [0, 0.05) is 48.0 Å². The van der Waals surface area contributed by atoms with E-state index in [4.69, 9.17) is 20.3 Å². The van der Waals surface area contributed by atoms with Crippen molar-refractivity contribution in [1.29, 1.82) is 0 Å². The highest BCUT2D eigenvalue weighted by Gasteiger charge is 2.21. The van der Waals surface area contributed by atoms with Crippen molar-refractivity contribution in [3.63, 3.8) is 0 Å². The molecule has 0 atom stereocenters. The van der Waals surface area contributed by atoms with Crippen LogP contribution >= 0.6 is 33.3 Å². The predicted molar refractivity (Wildman–Crippen MR) is 217 cm³/mol. The van der Waals surface area contributed by atoms with E-state index in [2.05, 4.69) is 43.6 Å². The van der Waals surface area contributed by atoms with Crippen LogP contribution in [0.2, 0.25) is 0 Å². The molecular weight excluding hydrogens is 761 g/mol. The van der Waals surface area contributed by atoms with Gasteiger partial charge in [0.15, 0.2) is 5.78 Å². The second-order valence-corrected chi connectivity index (χ2v) is 19.8. The standard InChI is InChI=1S/C18H32N2O5S.C11H20N2O4.C7H14O2S2/c1-17(2,3)25-16(24)12-20-14(22)8-7-13(21)11-19-15(23)9-10-18(4,5)26-6;1-11(2,3)17-10(16)7-13-9(15)5-4-8(14)6-12;1-7(2,11-10-3)5-4-6(8)9/h7-12H2,1-6H3,(H,19,23)(H,20,22);4-7,12H2,1-3H3,(H,13,15);4-5H2,1-3H3,(H,8,9). The number of rotatable bonds is 22. The number of carbonyl (C=O) groups excluding carboxylic acids is 7.